The number of nitrogens with one attached hydrogen (secondary N) is 1. The van der Waals surface area contributed by atoms with E-state index in [1.807, 2.05) is 6.07 Å². The van der Waals surface area contributed by atoms with E-state index in [-0.39, 0.29) is 12.8 Å². The van der Waals surface area contributed by atoms with Gasteiger partial charge in [-0.3, -0.25) is 0 Å². The van der Waals surface area contributed by atoms with Gasteiger partial charge in [0.2, 0.25) is 6.79 Å². The molecule has 2 aromatic rings. The Morgan fingerprint density at radius 3 is 2.74 bits per heavy atom. The summed E-state index contributed by atoms with van der Waals surface area (Å²) < 4.78 is 13.3. The van der Waals surface area contributed by atoms with E-state index in [0.717, 1.165) is 48.8 Å². The van der Waals surface area contributed by atoms with Crippen LogP contribution in [0.25, 0.3) is 0 Å². The van der Waals surface area contributed by atoms with Crippen LogP contribution in [0.15, 0.2) is 18.2 Å². The van der Waals surface area contributed by atoms with E-state index in [2.05, 4.69) is 37.7 Å². The summed E-state index contributed by atoms with van der Waals surface area (Å²) in [4.78, 5) is 0. The third-order valence-corrected chi connectivity index (χ3v) is 7.26. The number of benzene rings is 1. The summed E-state index contributed by atoms with van der Waals surface area (Å²) in [6.07, 6.45) is 11.1. The maximum absolute atomic E-state index is 5.97. The highest BCUT2D eigenvalue weighted by atomic mass is 16.7. The highest BCUT2D eigenvalue weighted by Crippen LogP contribution is 2.37. The van der Waals surface area contributed by atoms with Gasteiger partial charge in [-0.25, -0.2) is 4.68 Å². The van der Waals surface area contributed by atoms with Crippen LogP contribution in [0.2, 0.25) is 0 Å². The molecule has 2 saturated carbocycles. The number of rotatable bonds is 7. The Kier molecular flexibility index (Phi) is 6.36. The number of hydrogen-bond acceptors (Lipinski definition) is 7. The van der Waals surface area contributed by atoms with Crippen molar-refractivity contribution in [1.29, 1.82) is 0 Å². The molecule has 0 spiro atoms. The van der Waals surface area contributed by atoms with Gasteiger partial charge in [-0.15, -0.1) is 5.10 Å². The van der Waals surface area contributed by atoms with Crippen molar-refractivity contribution < 1.29 is 9.47 Å². The summed E-state index contributed by atoms with van der Waals surface area (Å²) in [5.41, 5.74) is 7.08. The molecule has 2 aliphatic carbocycles. The second-order valence-electron chi connectivity index (χ2n) is 9.36. The molecule has 31 heavy (non-hydrogen) atoms. The molecule has 0 amide bonds. The first-order valence-electron chi connectivity index (χ1n) is 11.9. The molecular formula is C23H34N6O2. The fourth-order valence-electron chi connectivity index (χ4n) is 5.51. The van der Waals surface area contributed by atoms with Gasteiger partial charge in [0.15, 0.2) is 17.3 Å². The lowest BCUT2D eigenvalue weighted by Crippen LogP contribution is -2.34. The number of hydrogen-bond donors (Lipinski definition) is 2. The van der Waals surface area contributed by atoms with Gasteiger partial charge in [-0.1, -0.05) is 31.7 Å². The predicted molar refractivity (Wildman–Crippen MR) is 117 cm³/mol. The molecule has 1 aliphatic heterocycles. The molecule has 8 heteroatoms. The van der Waals surface area contributed by atoms with Gasteiger partial charge in [0, 0.05) is 0 Å². The fraction of sp³-hybridized carbons (Fsp3) is 0.696. The lowest BCUT2D eigenvalue weighted by atomic mass is 9.81. The van der Waals surface area contributed by atoms with Crippen LogP contribution in [0.1, 0.15) is 81.3 Å². The van der Waals surface area contributed by atoms with Gasteiger partial charge in [0.1, 0.15) is 0 Å². The van der Waals surface area contributed by atoms with Crippen molar-refractivity contribution in [3.05, 3.63) is 29.6 Å². The van der Waals surface area contributed by atoms with E-state index in [9.17, 15) is 0 Å². The summed E-state index contributed by atoms with van der Waals surface area (Å²) in [6, 6.07) is 6.47. The van der Waals surface area contributed by atoms with E-state index >= 15 is 0 Å². The fourth-order valence-corrected chi connectivity index (χ4v) is 5.51. The Bertz CT molecular complexity index is 866. The van der Waals surface area contributed by atoms with Crippen LogP contribution in [0.4, 0.5) is 0 Å². The third-order valence-electron chi connectivity index (χ3n) is 7.26. The molecule has 2 heterocycles. The van der Waals surface area contributed by atoms with E-state index in [1.54, 1.807) is 0 Å². The average molecular weight is 427 g/mol. The van der Waals surface area contributed by atoms with Crippen LogP contribution in [0.5, 0.6) is 11.5 Å². The topological polar surface area (TPSA) is 100 Å². The van der Waals surface area contributed by atoms with Crippen LogP contribution in [-0.2, 0) is 0 Å². The molecule has 0 radical (unpaired) electrons. The van der Waals surface area contributed by atoms with E-state index in [4.69, 9.17) is 15.2 Å². The minimum atomic E-state index is -0.0790. The summed E-state index contributed by atoms with van der Waals surface area (Å²) in [5, 5.41) is 16.8. The first-order valence-corrected chi connectivity index (χ1v) is 11.9. The maximum Gasteiger partial charge on any atom is 0.231 e. The highest BCUT2D eigenvalue weighted by Gasteiger charge is 2.29. The van der Waals surface area contributed by atoms with Crippen LogP contribution < -0.4 is 20.5 Å². The molecule has 2 fully saturated rings. The Balaban J connectivity index is 1.40. The summed E-state index contributed by atoms with van der Waals surface area (Å²) in [6.45, 7) is 2.01. The van der Waals surface area contributed by atoms with Crippen molar-refractivity contribution >= 4 is 0 Å². The van der Waals surface area contributed by atoms with Crippen LogP contribution >= 0.6 is 0 Å². The largest absolute Gasteiger partial charge is 0.454 e. The van der Waals surface area contributed by atoms with Crippen molar-refractivity contribution in [1.82, 2.24) is 25.5 Å². The monoisotopic (exact) mass is 426 g/mol. The van der Waals surface area contributed by atoms with Gasteiger partial charge >= 0.3 is 0 Å². The number of fused-ring (bicyclic) bond motifs is 1. The standard InChI is InChI=1S/C23H34N6O2/c24-13-16-5-4-6-17(11-16)14-25-22(18-9-10-20-21(12-18)31-15-30-20)23-26-27-28-29(23)19-7-2-1-3-8-19/h9-10,12,16-17,19,22,25H,1-8,11,13-15,24H2. The van der Waals surface area contributed by atoms with Crippen molar-refractivity contribution in [2.75, 3.05) is 19.9 Å². The van der Waals surface area contributed by atoms with Crippen molar-refractivity contribution in [2.45, 2.75) is 69.9 Å². The van der Waals surface area contributed by atoms with Crippen LogP contribution in [0, 0.1) is 11.8 Å². The Labute approximate surface area is 183 Å². The summed E-state index contributed by atoms with van der Waals surface area (Å²) in [7, 11) is 0. The maximum atomic E-state index is 5.97. The lowest BCUT2D eigenvalue weighted by molar-refractivity contribution is 0.174. The molecule has 3 atom stereocenters. The van der Waals surface area contributed by atoms with Crippen molar-refractivity contribution in [3.8, 4) is 11.5 Å². The molecule has 168 valence electrons. The Morgan fingerprint density at radius 1 is 1.03 bits per heavy atom. The van der Waals surface area contributed by atoms with Gasteiger partial charge in [0.25, 0.3) is 0 Å². The highest BCUT2D eigenvalue weighted by molar-refractivity contribution is 5.46. The van der Waals surface area contributed by atoms with Gasteiger partial charge in [0.05, 0.1) is 12.1 Å². The first-order chi connectivity index (χ1) is 15.3. The average Bonchev–Trinajstić information content (AvgIpc) is 3.49. The van der Waals surface area contributed by atoms with Gasteiger partial charge < -0.3 is 20.5 Å². The normalized spacial score (nSPS) is 24.9. The van der Waals surface area contributed by atoms with E-state index in [0.29, 0.717) is 17.9 Å². The molecule has 3 N–H and O–H groups in total. The van der Waals surface area contributed by atoms with E-state index < -0.39 is 0 Å². The Morgan fingerprint density at radius 2 is 1.87 bits per heavy atom. The van der Waals surface area contributed by atoms with Gasteiger partial charge in [-0.2, -0.15) is 0 Å². The number of aromatic nitrogens is 4. The minimum Gasteiger partial charge on any atom is -0.454 e. The van der Waals surface area contributed by atoms with Crippen LogP contribution in [0.3, 0.4) is 0 Å². The molecule has 3 aliphatic rings. The molecule has 5 rings (SSSR count). The predicted octanol–water partition coefficient (Wildman–Crippen LogP) is 3.35. The third kappa shape index (κ3) is 4.55. The molecule has 1 aromatic carbocycles. The smallest absolute Gasteiger partial charge is 0.231 e. The first kappa shape index (κ1) is 20.7. The molecular weight excluding hydrogens is 392 g/mol. The second kappa shape index (κ2) is 9.53. The zero-order chi connectivity index (χ0) is 21.0. The molecule has 3 unspecified atom stereocenters. The van der Waals surface area contributed by atoms with E-state index in [1.165, 1.54) is 44.9 Å². The van der Waals surface area contributed by atoms with Crippen LogP contribution in [-0.4, -0.2) is 40.1 Å². The molecule has 0 bridgehead atoms. The molecule has 8 nitrogen and oxygen atoms in total. The Hall–Kier alpha value is -2.19. The zero-order valence-corrected chi connectivity index (χ0v) is 18.2. The second-order valence-corrected chi connectivity index (χ2v) is 9.36. The minimum absolute atomic E-state index is 0.0790. The van der Waals surface area contributed by atoms with Gasteiger partial charge in [-0.05, 0) is 85.2 Å². The van der Waals surface area contributed by atoms with Crippen molar-refractivity contribution in [3.63, 3.8) is 0 Å². The van der Waals surface area contributed by atoms with Crippen molar-refractivity contribution in [2.24, 2.45) is 17.6 Å². The SMILES string of the molecule is NCC1CCCC(CNC(c2ccc3c(c2)OCO3)c2nnnn2C2CCCCC2)C1. The zero-order valence-electron chi connectivity index (χ0n) is 18.2. The number of nitrogens with zero attached hydrogens (tertiary/aromatic N) is 4. The molecule has 1 aromatic heterocycles. The summed E-state index contributed by atoms with van der Waals surface area (Å²) in [5.74, 6) is 3.78. The number of tetrazole rings is 1. The lowest BCUT2D eigenvalue weighted by Gasteiger charge is -2.30. The number of ether oxygens (including phenoxy) is 2. The number of nitrogens with two attached hydrogens (primary N) is 1. The summed E-state index contributed by atoms with van der Waals surface area (Å²) >= 11 is 0. The molecule has 0 saturated heterocycles. The quantitative estimate of drug-likeness (QED) is 0.700.